The fourth-order valence-corrected chi connectivity index (χ4v) is 4.12. The summed E-state index contributed by atoms with van der Waals surface area (Å²) in [4.78, 5) is 25.7. The van der Waals surface area contributed by atoms with E-state index in [4.69, 9.17) is 9.72 Å². The maximum Gasteiger partial charge on any atom is 0.247 e. The van der Waals surface area contributed by atoms with Gasteiger partial charge >= 0.3 is 0 Å². The van der Waals surface area contributed by atoms with E-state index in [9.17, 15) is 4.79 Å². The highest BCUT2D eigenvalue weighted by Gasteiger charge is 2.17. The van der Waals surface area contributed by atoms with Crippen molar-refractivity contribution in [2.75, 3.05) is 56.9 Å². The van der Waals surface area contributed by atoms with E-state index in [1.54, 1.807) is 19.4 Å². The zero-order valence-electron chi connectivity index (χ0n) is 21.9. The van der Waals surface area contributed by atoms with Gasteiger partial charge in [-0.25, -0.2) is 9.97 Å². The van der Waals surface area contributed by atoms with Gasteiger partial charge in [-0.1, -0.05) is 24.8 Å². The SMILES string of the molecule is C=CC(=O)Nc1cc(Nc2ccnc(-c3cn(C)c4ccccc34)n2)c(OC)cc1N(C)CCN(C)C. The molecule has 2 aromatic carbocycles. The van der Waals surface area contributed by atoms with Crippen molar-refractivity contribution in [1.29, 1.82) is 0 Å². The summed E-state index contributed by atoms with van der Waals surface area (Å²) in [6, 6.07) is 13.7. The molecule has 0 fully saturated rings. The van der Waals surface area contributed by atoms with Crippen molar-refractivity contribution in [2.45, 2.75) is 0 Å². The zero-order valence-corrected chi connectivity index (χ0v) is 21.9. The molecule has 192 valence electrons. The predicted molar refractivity (Wildman–Crippen MR) is 151 cm³/mol. The Labute approximate surface area is 217 Å². The minimum Gasteiger partial charge on any atom is -0.494 e. The minimum atomic E-state index is -0.293. The lowest BCUT2D eigenvalue weighted by Gasteiger charge is -2.26. The number of benzene rings is 2. The van der Waals surface area contributed by atoms with Gasteiger partial charge in [0.1, 0.15) is 11.6 Å². The van der Waals surface area contributed by atoms with Crippen molar-refractivity contribution in [3.8, 4) is 17.1 Å². The number of rotatable bonds is 10. The van der Waals surface area contributed by atoms with Gasteiger partial charge in [0.2, 0.25) is 5.91 Å². The number of fused-ring (bicyclic) bond motifs is 1. The maximum atomic E-state index is 12.2. The number of methoxy groups -OCH3 is 1. The summed E-state index contributed by atoms with van der Waals surface area (Å²) in [7, 11) is 9.66. The van der Waals surface area contributed by atoms with Gasteiger partial charge in [0.05, 0.1) is 24.2 Å². The van der Waals surface area contributed by atoms with Crippen LogP contribution in [0.1, 0.15) is 0 Å². The van der Waals surface area contributed by atoms with Crippen LogP contribution in [-0.2, 0) is 11.8 Å². The molecule has 9 nitrogen and oxygen atoms in total. The Morgan fingerprint density at radius 3 is 2.65 bits per heavy atom. The molecular weight excluding hydrogens is 466 g/mol. The number of carbonyl (C=O) groups is 1. The number of likely N-dealkylation sites (N-methyl/N-ethyl adjacent to an activating group) is 2. The monoisotopic (exact) mass is 499 g/mol. The molecule has 0 aliphatic carbocycles. The van der Waals surface area contributed by atoms with Crippen LogP contribution in [0.25, 0.3) is 22.3 Å². The summed E-state index contributed by atoms with van der Waals surface area (Å²) in [5.41, 5.74) is 4.19. The highest BCUT2D eigenvalue weighted by Crippen LogP contribution is 2.38. The van der Waals surface area contributed by atoms with E-state index in [-0.39, 0.29) is 5.91 Å². The van der Waals surface area contributed by atoms with Crippen LogP contribution in [0.2, 0.25) is 0 Å². The van der Waals surface area contributed by atoms with Gasteiger partial charge in [-0.15, -0.1) is 0 Å². The average Bonchev–Trinajstić information content (AvgIpc) is 3.24. The van der Waals surface area contributed by atoms with Gasteiger partial charge < -0.3 is 29.7 Å². The number of aromatic nitrogens is 3. The van der Waals surface area contributed by atoms with Gasteiger partial charge in [0.15, 0.2) is 5.82 Å². The van der Waals surface area contributed by atoms with Crippen LogP contribution in [0.3, 0.4) is 0 Å². The van der Waals surface area contributed by atoms with Crippen LogP contribution in [0.4, 0.5) is 22.9 Å². The van der Waals surface area contributed by atoms with Gasteiger partial charge in [0, 0.05) is 62.1 Å². The normalized spacial score (nSPS) is 11.0. The third-order valence-electron chi connectivity index (χ3n) is 6.11. The van der Waals surface area contributed by atoms with E-state index in [1.165, 1.54) is 6.08 Å². The van der Waals surface area contributed by atoms with Crippen LogP contribution in [0.15, 0.2) is 67.5 Å². The van der Waals surface area contributed by atoms with Gasteiger partial charge in [-0.2, -0.15) is 0 Å². The number of para-hydroxylation sites is 1. The molecule has 4 rings (SSSR count). The summed E-state index contributed by atoms with van der Waals surface area (Å²) in [5, 5.41) is 7.36. The molecule has 0 aliphatic rings. The van der Waals surface area contributed by atoms with Crippen LogP contribution < -0.4 is 20.3 Å². The lowest BCUT2D eigenvalue weighted by Crippen LogP contribution is -2.29. The van der Waals surface area contributed by atoms with E-state index < -0.39 is 0 Å². The number of hydrogen-bond acceptors (Lipinski definition) is 7. The number of ether oxygens (including phenoxy) is 1. The summed E-state index contributed by atoms with van der Waals surface area (Å²) < 4.78 is 7.78. The Kier molecular flexibility index (Phi) is 7.74. The van der Waals surface area contributed by atoms with Crippen molar-refractivity contribution in [2.24, 2.45) is 7.05 Å². The molecule has 0 spiro atoms. The lowest BCUT2D eigenvalue weighted by atomic mass is 10.1. The van der Waals surface area contributed by atoms with Crippen molar-refractivity contribution in [3.63, 3.8) is 0 Å². The van der Waals surface area contributed by atoms with Crippen LogP contribution in [-0.4, -0.2) is 66.7 Å². The number of carbonyl (C=O) groups excluding carboxylic acids is 1. The topological polar surface area (TPSA) is 87.5 Å². The zero-order chi connectivity index (χ0) is 26.5. The summed E-state index contributed by atoms with van der Waals surface area (Å²) in [5.74, 6) is 1.54. The molecule has 2 heterocycles. The van der Waals surface area contributed by atoms with E-state index in [2.05, 4.69) is 48.7 Å². The number of hydrogen-bond donors (Lipinski definition) is 2. The minimum absolute atomic E-state index is 0.293. The molecule has 37 heavy (non-hydrogen) atoms. The molecule has 0 unspecified atom stereocenters. The standard InChI is InChI=1S/C28H33N7O2/c1-7-27(36)31-21-16-22(25(37-6)17-24(21)34(4)15-14-33(2)3)30-26-12-13-29-28(32-26)20-18-35(5)23-11-9-8-10-19(20)23/h7-13,16-18H,1,14-15H2,2-6H3,(H,31,36)(H,29,30,32). The molecule has 9 heteroatoms. The molecule has 0 bridgehead atoms. The third kappa shape index (κ3) is 5.73. The highest BCUT2D eigenvalue weighted by molar-refractivity contribution is 6.02. The number of amides is 1. The van der Waals surface area contributed by atoms with E-state index >= 15 is 0 Å². The molecule has 0 saturated carbocycles. The third-order valence-corrected chi connectivity index (χ3v) is 6.11. The maximum absolute atomic E-state index is 12.2. The number of aryl methyl sites for hydroxylation is 1. The Morgan fingerprint density at radius 1 is 1.14 bits per heavy atom. The van der Waals surface area contributed by atoms with Gasteiger partial charge in [-0.3, -0.25) is 4.79 Å². The first kappa shape index (κ1) is 25.7. The molecule has 0 atom stereocenters. The van der Waals surface area contributed by atoms with Crippen molar-refractivity contribution in [1.82, 2.24) is 19.4 Å². The van der Waals surface area contributed by atoms with Crippen LogP contribution >= 0.6 is 0 Å². The second-order valence-electron chi connectivity index (χ2n) is 9.05. The molecular formula is C28H33N7O2. The summed E-state index contributed by atoms with van der Waals surface area (Å²) >= 11 is 0. The number of nitrogens with zero attached hydrogens (tertiary/aromatic N) is 5. The quantitative estimate of drug-likeness (QED) is 0.311. The molecule has 2 N–H and O–H groups in total. The highest BCUT2D eigenvalue weighted by atomic mass is 16.5. The second kappa shape index (κ2) is 11.1. The Bertz CT molecular complexity index is 1430. The average molecular weight is 500 g/mol. The summed E-state index contributed by atoms with van der Waals surface area (Å²) in [6.07, 6.45) is 5.01. The number of anilines is 4. The second-order valence-corrected chi connectivity index (χ2v) is 9.05. The first-order valence-electron chi connectivity index (χ1n) is 12.0. The van der Waals surface area contributed by atoms with E-state index in [1.807, 2.05) is 58.7 Å². The smallest absolute Gasteiger partial charge is 0.247 e. The molecule has 0 saturated heterocycles. The molecule has 0 aliphatic heterocycles. The Balaban J connectivity index is 1.71. The largest absolute Gasteiger partial charge is 0.494 e. The predicted octanol–water partition coefficient (Wildman–Crippen LogP) is 4.51. The summed E-state index contributed by atoms with van der Waals surface area (Å²) in [6.45, 7) is 5.20. The van der Waals surface area contributed by atoms with Crippen LogP contribution in [0, 0.1) is 0 Å². The van der Waals surface area contributed by atoms with Gasteiger partial charge in [-0.05, 0) is 38.4 Å². The Hall–Kier alpha value is -4.37. The molecule has 1 amide bonds. The molecule has 4 aromatic rings. The van der Waals surface area contributed by atoms with E-state index in [0.717, 1.165) is 35.2 Å². The fourth-order valence-electron chi connectivity index (χ4n) is 4.12. The van der Waals surface area contributed by atoms with Crippen molar-refractivity contribution in [3.05, 3.63) is 67.5 Å². The first-order chi connectivity index (χ1) is 17.8. The van der Waals surface area contributed by atoms with E-state index in [0.29, 0.717) is 28.8 Å². The van der Waals surface area contributed by atoms with Crippen LogP contribution in [0.5, 0.6) is 5.75 Å². The molecule has 0 radical (unpaired) electrons. The van der Waals surface area contributed by atoms with Gasteiger partial charge in [0.25, 0.3) is 0 Å². The Morgan fingerprint density at radius 2 is 1.92 bits per heavy atom. The van der Waals surface area contributed by atoms with Crippen molar-refractivity contribution >= 4 is 39.7 Å². The lowest BCUT2D eigenvalue weighted by molar-refractivity contribution is -0.111. The van der Waals surface area contributed by atoms with Crippen molar-refractivity contribution < 1.29 is 9.53 Å². The fraction of sp³-hybridized carbons (Fsp3) is 0.250. The first-order valence-corrected chi connectivity index (χ1v) is 12.0. The number of nitrogens with one attached hydrogen (secondary N) is 2. The molecule has 2 aromatic heterocycles.